The summed E-state index contributed by atoms with van der Waals surface area (Å²) in [4.78, 5) is 4.73. The zero-order valence-corrected chi connectivity index (χ0v) is 24.8. The lowest BCUT2D eigenvalue weighted by Crippen LogP contribution is -2.54. The van der Waals surface area contributed by atoms with Crippen molar-refractivity contribution in [2.75, 3.05) is 19.5 Å². The highest BCUT2D eigenvalue weighted by molar-refractivity contribution is 8.18. The second kappa shape index (κ2) is 12.0. The Bertz CT molecular complexity index is 1440. The summed E-state index contributed by atoms with van der Waals surface area (Å²) in [6.45, 7) is 3.14. The minimum Gasteiger partial charge on any atom is -0.395 e. The SMILES string of the molecule is CO[C@H]1C[SH]([C@H](c2nc(C)ccc2C)C2(O)CCC(F)(F)CC2)[C@H](CO)[C@H](O)[C@@H]1n1cc(-c2cc(F)c(F)c(F)c2)nn1. The average molecular weight is 631 g/mol. The van der Waals surface area contributed by atoms with Crippen LogP contribution in [0.5, 0.6) is 0 Å². The molecule has 5 rings (SSSR count). The number of rotatable bonds is 7. The maximum Gasteiger partial charge on any atom is 0.248 e. The Morgan fingerprint density at radius 2 is 1.74 bits per heavy atom. The van der Waals surface area contributed by atoms with E-state index in [0.29, 0.717) is 11.4 Å². The maximum atomic E-state index is 14.3. The molecule has 1 aliphatic carbocycles. The van der Waals surface area contributed by atoms with E-state index in [9.17, 15) is 37.3 Å². The summed E-state index contributed by atoms with van der Waals surface area (Å²) >= 11 is 0. The van der Waals surface area contributed by atoms with Crippen LogP contribution in [0.4, 0.5) is 22.0 Å². The highest BCUT2D eigenvalue weighted by Crippen LogP contribution is 2.61. The van der Waals surface area contributed by atoms with Crippen LogP contribution in [0.2, 0.25) is 0 Å². The van der Waals surface area contributed by atoms with Crippen LogP contribution in [0.1, 0.15) is 53.9 Å². The van der Waals surface area contributed by atoms with Crippen LogP contribution in [0.3, 0.4) is 0 Å². The van der Waals surface area contributed by atoms with E-state index >= 15 is 0 Å². The summed E-state index contributed by atoms with van der Waals surface area (Å²) in [5.41, 5.74) is 0.359. The number of nitrogens with zero attached hydrogens (tertiary/aromatic N) is 4. The second-order valence-corrected chi connectivity index (χ2v) is 14.1. The minimum absolute atomic E-state index is 0.0168. The molecule has 0 spiro atoms. The van der Waals surface area contributed by atoms with Crippen LogP contribution < -0.4 is 0 Å². The average Bonchev–Trinajstić information content (AvgIpc) is 3.45. The van der Waals surface area contributed by atoms with Crippen molar-refractivity contribution < 1.29 is 42.0 Å². The molecule has 3 N–H and O–H groups in total. The number of aryl methyl sites for hydroxylation is 2. The van der Waals surface area contributed by atoms with E-state index in [1.165, 1.54) is 18.0 Å². The number of thiol groups is 1. The number of aliphatic hydroxyl groups is 3. The molecule has 1 saturated carbocycles. The largest absolute Gasteiger partial charge is 0.395 e. The van der Waals surface area contributed by atoms with E-state index in [4.69, 9.17) is 9.72 Å². The van der Waals surface area contributed by atoms with Gasteiger partial charge >= 0.3 is 0 Å². The van der Waals surface area contributed by atoms with Crippen LogP contribution in [0, 0.1) is 31.3 Å². The minimum atomic E-state index is -2.90. The third-order valence-corrected chi connectivity index (χ3v) is 12.2. The van der Waals surface area contributed by atoms with Crippen molar-refractivity contribution in [3.8, 4) is 11.3 Å². The molecule has 0 amide bonds. The fourth-order valence-corrected chi connectivity index (χ4v) is 10.2. The van der Waals surface area contributed by atoms with Gasteiger partial charge in [-0.1, -0.05) is 11.3 Å². The first-order chi connectivity index (χ1) is 20.3. The van der Waals surface area contributed by atoms with Crippen molar-refractivity contribution in [2.45, 2.75) is 79.8 Å². The fraction of sp³-hybridized carbons (Fsp3) is 0.552. The van der Waals surface area contributed by atoms with Crippen molar-refractivity contribution >= 4 is 10.9 Å². The van der Waals surface area contributed by atoms with Crippen molar-refractivity contribution in [1.82, 2.24) is 20.0 Å². The van der Waals surface area contributed by atoms with Crippen molar-refractivity contribution in [2.24, 2.45) is 0 Å². The Morgan fingerprint density at radius 3 is 2.35 bits per heavy atom. The zero-order valence-electron chi connectivity index (χ0n) is 23.9. The quantitative estimate of drug-likeness (QED) is 0.175. The van der Waals surface area contributed by atoms with Gasteiger partial charge in [0, 0.05) is 42.2 Å². The lowest BCUT2D eigenvalue weighted by atomic mass is 9.79. The predicted octanol–water partition coefficient (Wildman–Crippen LogP) is 4.35. The summed E-state index contributed by atoms with van der Waals surface area (Å²) in [5, 5.41) is 40.9. The second-order valence-electron chi connectivity index (χ2n) is 11.6. The number of aliphatic hydroxyl groups excluding tert-OH is 2. The summed E-state index contributed by atoms with van der Waals surface area (Å²) in [6.07, 6.45) is -2.04. The zero-order chi connectivity index (χ0) is 31.3. The molecular formula is C29H35F5N4O4S. The fourth-order valence-electron chi connectivity index (χ4n) is 6.37. The summed E-state index contributed by atoms with van der Waals surface area (Å²) in [6, 6.07) is 4.32. The normalized spacial score (nSPS) is 28.5. The molecule has 236 valence electrons. The monoisotopic (exact) mass is 630 g/mol. The summed E-state index contributed by atoms with van der Waals surface area (Å²) < 4.78 is 76.9. The van der Waals surface area contributed by atoms with Crippen LogP contribution in [0.25, 0.3) is 11.3 Å². The molecule has 0 bridgehead atoms. The third kappa shape index (κ3) is 6.04. The van der Waals surface area contributed by atoms with Gasteiger partial charge in [-0.2, -0.15) is 0 Å². The number of hydrogen-bond acceptors (Lipinski definition) is 7. The lowest BCUT2D eigenvalue weighted by Gasteiger charge is -2.53. The van der Waals surface area contributed by atoms with Crippen LogP contribution in [-0.4, -0.2) is 83.7 Å². The topological polar surface area (TPSA) is 114 Å². The Hall–Kier alpha value is -2.65. The highest BCUT2D eigenvalue weighted by Gasteiger charge is 2.54. The van der Waals surface area contributed by atoms with Crippen molar-refractivity contribution in [1.29, 1.82) is 0 Å². The molecule has 1 saturated heterocycles. The summed E-state index contributed by atoms with van der Waals surface area (Å²) in [7, 11) is -0.110. The van der Waals surface area contributed by atoms with Gasteiger partial charge in [0.05, 0.1) is 41.6 Å². The lowest BCUT2D eigenvalue weighted by molar-refractivity contribution is -0.105. The molecule has 1 aromatic carbocycles. The Balaban J connectivity index is 1.54. The van der Waals surface area contributed by atoms with Gasteiger partial charge in [0.15, 0.2) is 17.5 Å². The predicted molar refractivity (Wildman–Crippen MR) is 151 cm³/mol. The van der Waals surface area contributed by atoms with Crippen molar-refractivity contribution in [3.63, 3.8) is 0 Å². The maximum absolute atomic E-state index is 14.3. The molecule has 3 aromatic rings. The first-order valence-corrected chi connectivity index (χ1v) is 15.6. The van der Waals surface area contributed by atoms with Gasteiger partial charge in [-0.05, 0) is 50.5 Å². The molecule has 1 unspecified atom stereocenters. The van der Waals surface area contributed by atoms with E-state index < -0.39 is 88.1 Å². The first kappa shape index (κ1) is 31.8. The number of hydrogen-bond donors (Lipinski definition) is 4. The molecule has 8 nitrogen and oxygen atoms in total. The van der Waals surface area contributed by atoms with E-state index in [-0.39, 0.29) is 29.9 Å². The summed E-state index contributed by atoms with van der Waals surface area (Å²) in [5.74, 6) is -7.07. The van der Waals surface area contributed by atoms with Crippen LogP contribution in [-0.2, 0) is 4.74 Å². The Kier molecular flexibility index (Phi) is 8.89. The van der Waals surface area contributed by atoms with E-state index in [1.807, 2.05) is 19.1 Å². The molecule has 3 heterocycles. The van der Waals surface area contributed by atoms with Crippen molar-refractivity contribution in [3.05, 3.63) is 64.9 Å². The van der Waals surface area contributed by atoms with E-state index in [0.717, 1.165) is 17.7 Å². The van der Waals surface area contributed by atoms with Gasteiger partial charge in [0.25, 0.3) is 0 Å². The molecule has 14 heteroatoms. The molecule has 2 fully saturated rings. The highest BCUT2D eigenvalue weighted by atomic mass is 32.2. The van der Waals surface area contributed by atoms with Gasteiger partial charge in [-0.25, -0.2) is 37.5 Å². The molecule has 0 radical (unpaired) electrons. The number of ether oxygens (including phenoxy) is 1. The third-order valence-electron chi connectivity index (χ3n) is 8.75. The van der Waals surface area contributed by atoms with E-state index in [1.54, 1.807) is 6.92 Å². The number of pyridine rings is 1. The molecule has 43 heavy (non-hydrogen) atoms. The number of alkyl halides is 2. The Morgan fingerprint density at radius 1 is 1.09 bits per heavy atom. The van der Waals surface area contributed by atoms with E-state index in [2.05, 4.69) is 10.3 Å². The van der Waals surface area contributed by atoms with Gasteiger partial charge < -0.3 is 20.1 Å². The molecule has 2 aromatic heterocycles. The van der Waals surface area contributed by atoms with Gasteiger partial charge in [0.2, 0.25) is 5.92 Å². The first-order valence-electron chi connectivity index (χ1n) is 14.0. The number of benzene rings is 1. The Labute approximate surface area is 248 Å². The molecule has 1 aliphatic heterocycles. The van der Waals surface area contributed by atoms with Crippen LogP contribution in [0.15, 0.2) is 30.5 Å². The van der Waals surface area contributed by atoms with Crippen LogP contribution >= 0.6 is 10.9 Å². The molecule has 2 aliphatic rings. The molecular weight excluding hydrogens is 595 g/mol. The van der Waals surface area contributed by atoms with Gasteiger partial charge in [0.1, 0.15) is 11.7 Å². The number of aromatic nitrogens is 4. The smallest absolute Gasteiger partial charge is 0.248 e. The van der Waals surface area contributed by atoms with Gasteiger partial charge in [-0.3, -0.25) is 4.98 Å². The number of methoxy groups -OCH3 is 1. The van der Waals surface area contributed by atoms with Gasteiger partial charge in [-0.15, -0.1) is 5.10 Å². The number of halogens is 5. The standard InChI is InChI=1S/C29H35F5N4O4S/c1-15-4-5-16(2)35-24(15)27(28(41)6-8-29(33,34)9-7-28)43-14-21(42-3)25(26(40)22(43)13-39)38-12-20(36-37-38)17-10-18(30)23(32)19(31)11-17/h4-5,10-12,21-22,25-27,39-41,43H,6-9,13-14H2,1-3H3/t21-,22+,25+,26-,27+/m0/s1. The molecule has 6 atom stereocenters.